The van der Waals surface area contributed by atoms with E-state index in [9.17, 15) is 0 Å². The van der Waals surface area contributed by atoms with Crippen LogP contribution in [0, 0.1) is 12.3 Å². The molecule has 0 unspecified atom stereocenters. The molecule has 0 aliphatic rings. The van der Waals surface area contributed by atoms with Gasteiger partial charge in [0.15, 0.2) is 0 Å². The van der Waals surface area contributed by atoms with Gasteiger partial charge in [-0.25, -0.2) is 0 Å². The highest BCUT2D eigenvalue weighted by molar-refractivity contribution is 5.95. The van der Waals surface area contributed by atoms with E-state index in [0.29, 0.717) is 5.56 Å². The summed E-state index contributed by atoms with van der Waals surface area (Å²) in [4.78, 5) is 0. The van der Waals surface area contributed by atoms with Crippen molar-refractivity contribution in [3.63, 3.8) is 0 Å². The highest BCUT2D eigenvalue weighted by Gasteiger charge is 2.03. The maximum atomic E-state index is 7.34. The molecule has 0 aliphatic carbocycles. The second-order valence-electron chi connectivity index (χ2n) is 3.60. The molecule has 0 aromatic heterocycles. The summed E-state index contributed by atoms with van der Waals surface area (Å²) in [5.74, 6) is 0.909. The average molecular weight is 206 g/mol. The van der Waals surface area contributed by atoms with Crippen LogP contribution < -0.4 is 10.5 Å². The minimum Gasteiger partial charge on any atom is -0.493 e. The minimum atomic E-state index is 0.0790. The van der Waals surface area contributed by atoms with Crippen molar-refractivity contribution in [2.24, 2.45) is 5.73 Å². The zero-order chi connectivity index (χ0) is 11.3. The molecule has 0 saturated heterocycles. The van der Waals surface area contributed by atoms with Crippen molar-refractivity contribution in [2.75, 3.05) is 6.61 Å². The average Bonchev–Trinajstić information content (AvgIpc) is 2.20. The molecular formula is C12H18N2O. The number of nitrogens with one attached hydrogen (secondary N) is 1. The number of nitrogens with two attached hydrogens (primary N) is 1. The van der Waals surface area contributed by atoms with Gasteiger partial charge in [-0.15, -0.1) is 0 Å². The number of amidine groups is 1. The first-order valence-electron chi connectivity index (χ1n) is 5.23. The van der Waals surface area contributed by atoms with Crippen LogP contribution in [0.3, 0.4) is 0 Å². The van der Waals surface area contributed by atoms with Crippen molar-refractivity contribution in [1.29, 1.82) is 5.41 Å². The van der Waals surface area contributed by atoms with Crippen LogP contribution in [0.4, 0.5) is 0 Å². The number of aryl methyl sites for hydroxylation is 1. The van der Waals surface area contributed by atoms with E-state index in [-0.39, 0.29) is 5.84 Å². The summed E-state index contributed by atoms with van der Waals surface area (Å²) in [5.41, 5.74) is 7.21. The molecule has 0 aliphatic heterocycles. The number of benzene rings is 1. The summed E-state index contributed by atoms with van der Waals surface area (Å²) in [6.45, 7) is 4.84. The third-order valence-electron chi connectivity index (χ3n) is 2.25. The van der Waals surface area contributed by atoms with Gasteiger partial charge >= 0.3 is 0 Å². The maximum Gasteiger partial charge on any atom is 0.122 e. The molecule has 0 bridgehead atoms. The van der Waals surface area contributed by atoms with Crippen molar-refractivity contribution < 1.29 is 4.74 Å². The molecule has 0 radical (unpaired) electrons. The van der Waals surface area contributed by atoms with Gasteiger partial charge in [0.25, 0.3) is 0 Å². The van der Waals surface area contributed by atoms with Gasteiger partial charge in [-0.1, -0.05) is 25.5 Å². The van der Waals surface area contributed by atoms with Gasteiger partial charge < -0.3 is 10.5 Å². The molecule has 3 heteroatoms. The van der Waals surface area contributed by atoms with E-state index < -0.39 is 0 Å². The topological polar surface area (TPSA) is 59.1 Å². The predicted molar refractivity (Wildman–Crippen MR) is 62.6 cm³/mol. The van der Waals surface area contributed by atoms with Crippen molar-refractivity contribution in [2.45, 2.75) is 26.7 Å². The van der Waals surface area contributed by atoms with Gasteiger partial charge in [-0.05, 0) is 25.0 Å². The van der Waals surface area contributed by atoms with E-state index in [1.165, 1.54) is 0 Å². The van der Waals surface area contributed by atoms with Gasteiger partial charge in [0, 0.05) is 5.56 Å². The molecule has 0 amide bonds. The van der Waals surface area contributed by atoms with Gasteiger partial charge in [0.2, 0.25) is 0 Å². The largest absolute Gasteiger partial charge is 0.493 e. The van der Waals surface area contributed by atoms with Crippen molar-refractivity contribution in [1.82, 2.24) is 0 Å². The van der Waals surface area contributed by atoms with Gasteiger partial charge in [0.1, 0.15) is 11.6 Å². The molecule has 1 aromatic carbocycles. The lowest BCUT2D eigenvalue weighted by Crippen LogP contribution is -2.11. The summed E-state index contributed by atoms with van der Waals surface area (Å²) in [7, 11) is 0. The molecule has 0 fully saturated rings. The predicted octanol–water partition coefficient (Wildman–Crippen LogP) is 2.46. The van der Waals surface area contributed by atoms with Gasteiger partial charge in [0.05, 0.1) is 6.61 Å². The number of rotatable bonds is 5. The molecule has 0 atom stereocenters. The van der Waals surface area contributed by atoms with E-state index in [1.54, 1.807) is 0 Å². The van der Waals surface area contributed by atoms with E-state index in [0.717, 1.165) is 30.8 Å². The Bertz CT molecular complexity index is 347. The second-order valence-corrected chi connectivity index (χ2v) is 3.60. The lowest BCUT2D eigenvalue weighted by atomic mass is 10.1. The molecule has 1 rings (SSSR count). The van der Waals surface area contributed by atoms with E-state index in [2.05, 4.69) is 6.92 Å². The third kappa shape index (κ3) is 3.27. The molecular weight excluding hydrogens is 188 g/mol. The van der Waals surface area contributed by atoms with Crippen molar-refractivity contribution in [3.8, 4) is 5.75 Å². The summed E-state index contributed by atoms with van der Waals surface area (Å²) in [6, 6.07) is 5.59. The molecule has 82 valence electrons. The first-order chi connectivity index (χ1) is 7.15. The van der Waals surface area contributed by atoms with E-state index >= 15 is 0 Å². The fourth-order valence-corrected chi connectivity index (χ4v) is 1.25. The number of hydrogen-bond donors (Lipinski definition) is 2. The van der Waals surface area contributed by atoms with Crippen LogP contribution in [0.5, 0.6) is 5.75 Å². The number of nitrogen functional groups attached to an aromatic ring is 1. The second kappa shape index (κ2) is 5.39. The summed E-state index contributed by atoms with van der Waals surface area (Å²) in [5, 5.41) is 7.34. The van der Waals surface area contributed by atoms with Gasteiger partial charge in [-0.2, -0.15) is 0 Å². The van der Waals surface area contributed by atoms with Crippen LogP contribution in [-0.2, 0) is 0 Å². The Morgan fingerprint density at radius 2 is 2.20 bits per heavy atom. The fourth-order valence-electron chi connectivity index (χ4n) is 1.25. The number of hydrogen-bond acceptors (Lipinski definition) is 2. The highest BCUT2D eigenvalue weighted by Crippen LogP contribution is 2.19. The fraction of sp³-hybridized carbons (Fsp3) is 0.417. The Labute approximate surface area is 90.8 Å². The van der Waals surface area contributed by atoms with Crippen LogP contribution in [0.1, 0.15) is 30.9 Å². The number of unbranched alkanes of at least 4 members (excludes halogenated alkanes) is 1. The Hall–Kier alpha value is -1.51. The standard InChI is InChI=1S/C12H18N2O/c1-3-4-7-15-11-8-10(12(13)14)6-5-9(11)2/h5-6,8H,3-4,7H2,1-2H3,(H3,13,14). The summed E-state index contributed by atoms with van der Waals surface area (Å²) < 4.78 is 5.62. The lowest BCUT2D eigenvalue weighted by molar-refractivity contribution is 0.307. The number of ether oxygens (including phenoxy) is 1. The quantitative estimate of drug-likeness (QED) is 0.441. The first-order valence-corrected chi connectivity index (χ1v) is 5.23. The highest BCUT2D eigenvalue weighted by atomic mass is 16.5. The van der Waals surface area contributed by atoms with Gasteiger partial charge in [-0.3, -0.25) is 5.41 Å². The minimum absolute atomic E-state index is 0.0790. The molecule has 3 nitrogen and oxygen atoms in total. The van der Waals surface area contributed by atoms with E-state index in [4.69, 9.17) is 15.9 Å². The lowest BCUT2D eigenvalue weighted by Gasteiger charge is -2.10. The molecule has 0 saturated carbocycles. The third-order valence-corrected chi connectivity index (χ3v) is 2.25. The molecule has 1 aromatic rings. The van der Waals surface area contributed by atoms with Crippen LogP contribution in [0.2, 0.25) is 0 Å². The Balaban J connectivity index is 2.76. The van der Waals surface area contributed by atoms with Crippen molar-refractivity contribution >= 4 is 5.84 Å². The SMILES string of the molecule is CCCCOc1cc(C(=N)N)ccc1C. The molecule has 0 spiro atoms. The maximum absolute atomic E-state index is 7.34. The zero-order valence-electron chi connectivity index (χ0n) is 9.34. The monoisotopic (exact) mass is 206 g/mol. The Morgan fingerprint density at radius 1 is 1.47 bits per heavy atom. The van der Waals surface area contributed by atoms with Crippen LogP contribution in [0.15, 0.2) is 18.2 Å². The Morgan fingerprint density at radius 3 is 2.80 bits per heavy atom. The smallest absolute Gasteiger partial charge is 0.122 e. The summed E-state index contributed by atoms with van der Waals surface area (Å²) in [6.07, 6.45) is 2.16. The Kier molecular flexibility index (Phi) is 4.16. The zero-order valence-corrected chi connectivity index (χ0v) is 9.34. The molecule has 0 heterocycles. The van der Waals surface area contributed by atoms with Crippen LogP contribution >= 0.6 is 0 Å². The first kappa shape index (κ1) is 11.6. The molecule has 15 heavy (non-hydrogen) atoms. The molecule has 3 N–H and O–H groups in total. The van der Waals surface area contributed by atoms with Crippen molar-refractivity contribution in [3.05, 3.63) is 29.3 Å². The normalized spacial score (nSPS) is 10.0. The van der Waals surface area contributed by atoms with E-state index in [1.807, 2.05) is 25.1 Å². The van der Waals surface area contributed by atoms with Crippen LogP contribution in [-0.4, -0.2) is 12.4 Å². The van der Waals surface area contributed by atoms with Crippen LogP contribution in [0.25, 0.3) is 0 Å². The summed E-state index contributed by atoms with van der Waals surface area (Å²) >= 11 is 0.